The summed E-state index contributed by atoms with van der Waals surface area (Å²) in [5.74, 6) is 0. The van der Waals surface area contributed by atoms with Gasteiger partial charge in [0, 0.05) is 0 Å². The Morgan fingerprint density at radius 1 is 1.25 bits per heavy atom. The zero-order chi connectivity index (χ0) is 12.0. The Morgan fingerprint density at radius 2 is 1.88 bits per heavy atom. The smallest absolute Gasteiger partial charge is 0.391 e. The van der Waals surface area contributed by atoms with Crippen molar-refractivity contribution in [3.8, 4) is 0 Å². The minimum atomic E-state index is -4.30. The number of alkyl halides is 3. The van der Waals surface area contributed by atoms with Gasteiger partial charge in [-0.15, -0.1) is 0 Å². The van der Waals surface area contributed by atoms with Gasteiger partial charge in [-0.1, -0.05) is 24.2 Å². The van der Waals surface area contributed by atoms with Gasteiger partial charge in [-0.3, -0.25) is 0 Å². The highest BCUT2D eigenvalue weighted by Crippen LogP contribution is 2.29. The minimum Gasteiger partial charge on any atom is -0.391 e. The van der Waals surface area contributed by atoms with Crippen LogP contribution in [0.4, 0.5) is 13.2 Å². The number of rotatable bonds is 4. The normalized spacial score (nSPS) is 12.0. The molecule has 1 radical (unpaired) electrons. The van der Waals surface area contributed by atoms with Crippen LogP contribution in [-0.4, -0.2) is 6.21 Å². The second-order valence-corrected chi connectivity index (χ2v) is 3.07. The summed E-state index contributed by atoms with van der Waals surface area (Å²) >= 11 is 0. The molecule has 0 N–H and O–H groups in total. The highest BCUT2D eigenvalue weighted by Gasteiger charge is 2.29. The topological polar surface area (TPSA) is 21.6 Å². The van der Waals surface area contributed by atoms with Crippen molar-refractivity contribution in [3.63, 3.8) is 0 Å². The van der Waals surface area contributed by atoms with Crippen molar-refractivity contribution in [2.24, 2.45) is 5.16 Å². The van der Waals surface area contributed by atoms with Crippen LogP contribution < -0.4 is 0 Å². The number of nitrogens with zero attached hydrogens (tertiary/aromatic N) is 1. The molecule has 2 nitrogen and oxygen atoms in total. The van der Waals surface area contributed by atoms with Gasteiger partial charge in [0.2, 0.25) is 0 Å². The van der Waals surface area contributed by atoms with Crippen molar-refractivity contribution < 1.29 is 18.0 Å². The lowest BCUT2D eigenvalue weighted by Gasteiger charge is -2.06. The first-order valence-electron chi connectivity index (χ1n) is 4.75. The summed E-state index contributed by atoms with van der Waals surface area (Å²) in [6.45, 7) is 2.00. The third-order valence-corrected chi connectivity index (χ3v) is 1.80. The van der Waals surface area contributed by atoms with E-state index in [9.17, 15) is 13.2 Å². The number of hydrogen-bond acceptors (Lipinski definition) is 2. The molecule has 0 heterocycles. The Balaban J connectivity index is 2.55. The monoisotopic (exact) mass is 230 g/mol. The second kappa shape index (κ2) is 5.53. The standard InChI is InChI=1S/C11H11F3NO/c1-2-7-15-16-8-9-3-5-10(6-4-9)11(12,13)14/h3-6H,2,8H2,1H3. The molecule has 16 heavy (non-hydrogen) atoms. The van der Waals surface area contributed by atoms with Gasteiger partial charge in [0.15, 0.2) is 0 Å². The fraction of sp³-hybridized carbons (Fsp3) is 0.364. The van der Waals surface area contributed by atoms with Crippen molar-refractivity contribution in [2.45, 2.75) is 26.1 Å². The summed E-state index contributed by atoms with van der Waals surface area (Å²) in [4.78, 5) is 4.82. The van der Waals surface area contributed by atoms with Crippen LogP contribution in [-0.2, 0) is 17.6 Å². The maximum atomic E-state index is 12.2. The van der Waals surface area contributed by atoms with Crippen molar-refractivity contribution in [1.29, 1.82) is 0 Å². The molecule has 0 aromatic heterocycles. The number of hydrogen-bond donors (Lipinski definition) is 0. The van der Waals surface area contributed by atoms with Crippen LogP contribution in [0.3, 0.4) is 0 Å². The van der Waals surface area contributed by atoms with Crippen molar-refractivity contribution in [2.75, 3.05) is 0 Å². The molecule has 0 aliphatic heterocycles. The largest absolute Gasteiger partial charge is 0.416 e. The van der Waals surface area contributed by atoms with E-state index < -0.39 is 11.7 Å². The zero-order valence-electron chi connectivity index (χ0n) is 8.71. The fourth-order valence-electron chi connectivity index (χ4n) is 1.01. The molecule has 1 rings (SSSR count). The van der Waals surface area contributed by atoms with E-state index in [1.807, 2.05) is 6.92 Å². The van der Waals surface area contributed by atoms with Crippen LogP contribution in [0, 0.1) is 0 Å². The quantitative estimate of drug-likeness (QED) is 0.573. The van der Waals surface area contributed by atoms with E-state index in [2.05, 4.69) is 11.4 Å². The van der Waals surface area contributed by atoms with E-state index in [0.29, 0.717) is 12.0 Å². The van der Waals surface area contributed by atoms with E-state index in [-0.39, 0.29) is 6.61 Å². The molecule has 0 saturated heterocycles. The molecule has 0 fully saturated rings. The second-order valence-electron chi connectivity index (χ2n) is 3.07. The van der Waals surface area contributed by atoms with Crippen LogP contribution in [0.1, 0.15) is 24.5 Å². The molecule has 0 atom stereocenters. The van der Waals surface area contributed by atoms with Gasteiger partial charge in [-0.2, -0.15) is 13.2 Å². The molecule has 1 aromatic rings. The maximum absolute atomic E-state index is 12.2. The predicted molar refractivity (Wildman–Crippen MR) is 54.0 cm³/mol. The fourth-order valence-corrected chi connectivity index (χ4v) is 1.01. The predicted octanol–water partition coefficient (Wildman–Crippen LogP) is 3.49. The summed E-state index contributed by atoms with van der Waals surface area (Å²) < 4.78 is 36.6. The van der Waals surface area contributed by atoms with Gasteiger partial charge in [0.1, 0.15) is 12.8 Å². The van der Waals surface area contributed by atoms with Gasteiger partial charge in [-0.25, -0.2) is 0 Å². The Kier molecular flexibility index (Phi) is 4.34. The number of benzene rings is 1. The summed E-state index contributed by atoms with van der Waals surface area (Å²) in [5, 5.41) is 3.48. The van der Waals surface area contributed by atoms with E-state index in [0.717, 1.165) is 12.1 Å². The average molecular weight is 230 g/mol. The van der Waals surface area contributed by atoms with Gasteiger partial charge >= 0.3 is 6.18 Å². The van der Waals surface area contributed by atoms with E-state index in [4.69, 9.17) is 4.84 Å². The van der Waals surface area contributed by atoms with Crippen LogP contribution in [0.2, 0.25) is 0 Å². The molecule has 0 saturated carbocycles. The third kappa shape index (κ3) is 3.92. The third-order valence-electron chi connectivity index (χ3n) is 1.80. The summed E-state index contributed by atoms with van der Waals surface area (Å²) in [6.07, 6.45) is -1.09. The molecular weight excluding hydrogens is 219 g/mol. The first-order chi connectivity index (χ1) is 7.54. The van der Waals surface area contributed by atoms with Crippen LogP contribution >= 0.6 is 0 Å². The van der Waals surface area contributed by atoms with Crippen LogP contribution in [0.5, 0.6) is 0 Å². The summed E-state index contributed by atoms with van der Waals surface area (Å²) in [6, 6.07) is 4.77. The molecule has 0 amide bonds. The Morgan fingerprint density at radius 3 is 2.38 bits per heavy atom. The molecular formula is C11H11F3NO. The Bertz CT molecular complexity index is 343. The number of halogens is 3. The van der Waals surface area contributed by atoms with Crippen LogP contribution in [0.15, 0.2) is 29.4 Å². The van der Waals surface area contributed by atoms with Gasteiger partial charge in [-0.05, 0) is 24.1 Å². The van der Waals surface area contributed by atoms with Gasteiger partial charge < -0.3 is 4.84 Å². The SMILES string of the molecule is CC/[C]=N\OCc1ccc(C(F)(F)F)cc1. The van der Waals surface area contributed by atoms with Crippen molar-refractivity contribution in [1.82, 2.24) is 0 Å². The van der Waals surface area contributed by atoms with Crippen molar-refractivity contribution >= 4 is 6.21 Å². The van der Waals surface area contributed by atoms with E-state index in [1.165, 1.54) is 12.1 Å². The average Bonchev–Trinajstić information content (AvgIpc) is 2.24. The minimum absolute atomic E-state index is 0.144. The highest BCUT2D eigenvalue weighted by molar-refractivity contribution is 5.55. The van der Waals surface area contributed by atoms with E-state index >= 15 is 0 Å². The Hall–Kier alpha value is -1.52. The first-order valence-corrected chi connectivity index (χ1v) is 4.75. The summed E-state index contributed by atoms with van der Waals surface area (Å²) in [5.41, 5.74) is -0.0328. The Labute approximate surface area is 91.7 Å². The van der Waals surface area contributed by atoms with Crippen molar-refractivity contribution in [3.05, 3.63) is 35.4 Å². The maximum Gasteiger partial charge on any atom is 0.416 e. The lowest BCUT2D eigenvalue weighted by molar-refractivity contribution is -0.137. The molecule has 0 spiro atoms. The molecule has 0 aliphatic carbocycles. The zero-order valence-corrected chi connectivity index (χ0v) is 8.71. The lowest BCUT2D eigenvalue weighted by Crippen LogP contribution is -2.04. The van der Waals surface area contributed by atoms with Gasteiger partial charge in [0.25, 0.3) is 0 Å². The van der Waals surface area contributed by atoms with Gasteiger partial charge in [0.05, 0.1) is 5.56 Å². The molecule has 5 heteroatoms. The highest BCUT2D eigenvalue weighted by atomic mass is 19.4. The molecule has 87 valence electrons. The lowest BCUT2D eigenvalue weighted by atomic mass is 10.1. The molecule has 1 aromatic carbocycles. The van der Waals surface area contributed by atoms with E-state index in [1.54, 1.807) is 0 Å². The molecule has 0 bridgehead atoms. The molecule has 0 unspecified atom stereocenters. The van der Waals surface area contributed by atoms with Crippen LogP contribution in [0.25, 0.3) is 0 Å². The summed E-state index contributed by atoms with van der Waals surface area (Å²) in [7, 11) is 0. The first kappa shape index (κ1) is 12.5. The molecule has 0 aliphatic rings.